The predicted octanol–water partition coefficient (Wildman–Crippen LogP) is 4.88. The number of benzene rings is 1. The van der Waals surface area contributed by atoms with Crippen LogP contribution in [0.4, 0.5) is 0 Å². The third kappa shape index (κ3) is 7.13. The number of nitrogens with zero attached hydrogens (tertiary/aromatic N) is 1. The van der Waals surface area contributed by atoms with Crippen molar-refractivity contribution >= 4 is 28.9 Å². The van der Waals surface area contributed by atoms with Crippen LogP contribution in [0.3, 0.4) is 0 Å². The second kappa shape index (κ2) is 11.9. The minimum atomic E-state index is -0.567. The normalized spacial score (nSPS) is 22.5. The Balaban J connectivity index is 1.47. The third-order valence-corrected chi connectivity index (χ3v) is 6.52. The summed E-state index contributed by atoms with van der Waals surface area (Å²) in [5.41, 5.74) is 0.970. The summed E-state index contributed by atoms with van der Waals surface area (Å²) in [6, 6.07) is 7.04. The maximum atomic E-state index is 12.0. The molecule has 6 heteroatoms. The van der Waals surface area contributed by atoms with E-state index in [1.165, 1.54) is 32.1 Å². The van der Waals surface area contributed by atoms with E-state index in [1.54, 1.807) is 12.1 Å². The van der Waals surface area contributed by atoms with E-state index in [1.807, 2.05) is 31.4 Å². The van der Waals surface area contributed by atoms with Crippen molar-refractivity contribution in [1.82, 2.24) is 4.90 Å². The van der Waals surface area contributed by atoms with Crippen molar-refractivity contribution in [3.8, 4) is 5.75 Å². The first-order chi connectivity index (χ1) is 14.3. The van der Waals surface area contributed by atoms with Gasteiger partial charge in [-0.15, -0.1) is 0 Å². The fourth-order valence-corrected chi connectivity index (χ4v) is 4.20. The molecule has 0 bridgehead atoms. The number of phenolic OH excluding ortho intramolecular Hbond substituents is 1. The van der Waals surface area contributed by atoms with E-state index in [0.717, 1.165) is 50.6 Å². The van der Waals surface area contributed by atoms with Crippen LogP contribution in [0, 0.1) is 0 Å². The molecule has 5 radical (unpaired) electrons. The fourth-order valence-electron chi connectivity index (χ4n) is 4.20. The first-order valence-corrected chi connectivity index (χ1v) is 11.8. The van der Waals surface area contributed by atoms with Crippen LogP contribution in [0.1, 0.15) is 89.5 Å². The molecule has 0 saturated carbocycles. The number of aromatic hydroxyl groups is 1. The van der Waals surface area contributed by atoms with Gasteiger partial charge in [0.15, 0.2) is 0 Å². The summed E-state index contributed by atoms with van der Waals surface area (Å²) in [4.78, 5) is 13.9. The molecule has 2 rings (SSSR count). The van der Waals surface area contributed by atoms with Gasteiger partial charge in [0.05, 0.1) is 15.7 Å². The molecule has 1 aliphatic heterocycles. The summed E-state index contributed by atoms with van der Waals surface area (Å²) in [5.74, 6) is 0.538. The van der Waals surface area contributed by atoms with E-state index in [9.17, 15) is 9.90 Å². The van der Waals surface area contributed by atoms with Crippen molar-refractivity contribution < 1.29 is 9.90 Å². The molecule has 0 spiro atoms. The molecule has 159 valence electrons. The molecule has 2 unspecified atom stereocenters. The van der Waals surface area contributed by atoms with Crippen LogP contribution in [-0.4, -0.2) is 52.5 Å². The summed E-state index contributed by atoms with van der Waals surface area (Å²) < 4.78 is 0. The Labute approximate surface area is 187 Å². The molecular formula is C24H37B3NO2. The maximum Gasteiger partial charge on any atom is 0.222 e. The zero-order valence-electron chi connectivity index (χ0n) is 19.0. The molecule has 1 aromatic rings. The molecule has 30 heavy (non-hydrogen) atoms. The molecule has 1 fully saturated rings. The van der Waals surface area contributed by atoms with Crippen LogP contribution in [0.5, 0.6) is 5.75 Å². The standard InChI is InChI=1S/C24H37B3NO2/c1-3-4-19-28(2)22(30)13-11-9-7-5-6-8-10-12-18-23(25)24(26,27-23)20-14-16-21(29)17-15-20/h14-17,29H,3-13,18-19H2,1-2H3. The molecule has 1 N–H and O–H groups in total. The average Bonchev–Trinajstić information content (AvgIpc) is 3.29. The molecule has 0 aromatic heterocycles. The number of carbonyl (C=O) groups excluding carboxylic acids is 1. The third-order valence-electron chi connectivity index (χ3n) is 6.52. The monoisotopic (exact) mass is 404 g/mol. The Morgan fingerprint density at radius 2 is 1.53 bits per heavy atom. The van der Waals surface area contributed by atoms with Gasteiger partial charge in [0.1, 0.15) is 13.0 Å². The van der Waals surface area contributed by atoms with Crippen LogP contribution in [0.15, 0.2) is 24.3 Å². The summed E-state index contributed by atoms with van der Waals surface area (Å²) >= 11 is 0. The summed E-state index contributed by atoms with van der Waals surface area (Å²) in [5, 5.41) is 8.44. The van der Waals surface area contributed by atoms with Crippen molar-refractivity contribution in [2.75, 3.05) is 13.6 Å². The van der Waals surface area contributed by atoms with Crippen LogP contribution in [0.2, 0.25) is 5.21 Å². The zero-order valence-corrected chi connectivity index (χ0v) is 19.0. The van der Waals surface area contributed by atoms with Gasteiger partial charge in [-0.05, 0) is 25.0 Å². The minimum absolute atomic E-state index is 0.247. The molecule has 0 aliphatic carbocycles. The van der Waals surface area contributed by atoms with E-state index in [4.69, 9.17) is 15.7 Å². The highest BCUT2D eigenvalue weighted by Gasteiger charge is 2.59. The Hall–Kier alpha value is -1.32. The van der Waals surface area contributed by atoms with E-state index in [-0.39, 0.29) is 5.75 Å². The van der Waals surface area contributed by atoms with Gasteiger partial charge in [0.2, 0.25) is 5.91 Å². The first kappa shape index (κ1) is 24.9. The molecule has 1 amide bonds. The fraction of sp³-hybridized carbons (Fsp3) is 0.708. The van der Waals surface area contributed by atoms with Crippen LogP contribution in [-0.2, 0) is 10.0 Å². The average molecular weight is 404 g/mol. The number of hydrogen-bond donors (Lipinski definition) is 1. The van der Waals surface area contributed by atoms with Gasteiger partial charge in [-0.25, -0.2) is 0 Å². The van der Waals surface area contributed by atoms with Gasteiger partial charge in [-0.3, -0.25) is 4.79 Å². The Morgan fingerprint density at radius 1 is 0.967 bits per heavy atom. The molecular weight excluding hydrogens is 367 g/mol. The molecule has 1 heterocycles. The second-order valence-electron chi connectivity index (χ2n) is 9.10. The Bertz CT molecular complexity index is 654. The van der Waals surface area contributed by atoms with E-state index >= 15 is 0 Å². The van der Waals surface area contributed by atoms with Gasteiger partial charge in [-0.1, -0.05) is 92.8 Å². The van der Waals surface area contributed by atoms with Crippen molar-refractivity contribution in [2.24, 2.45) is 0 Å². The van der Waals surface area contributed by atoms with Crippen molar-refractivity contribution in [1.29, 1.82) is 0 Å². The lowest BCUT2D eigenvalue weighted by atomic mass is 9.62. The van der Waals surface area contributed by atoms with Crippen LogP contribution in [0.25, 0.3) is 0 Å². The lowest BCUT2D eigenvalue weighted by Gasteiger charge is -2.22. The maximum absolute atomic E-state index is 12.0. The van der Waals surface area contributed by atoms with Gasteiger partial charge >= 0.3 is 0 Å². The molecule has 1 aliphatic rings. The van der Waals surface area contributed by atoms with Gasteiger partial charge in [-0.2, -0.15) is 0 Å². The number of amides is 1. The molecule has 1 aromatic carbocycles. The number of unbranched alkanes of at least 4 members (excludes halogenated alkanes) is 8. The largest absolute Gasteiger partial charge is 0.508 e. The van der Waals surface area contributed by atoms with Gasteiger partial charge in [0.25, 0.3) is 0 Å². The van der Waals surface area contributed by atoms with Crippen LogP contribution < -0.4 is 0 Å². The highest BCUT2D eigenvalue weighted by atomic mass is 16.3. The Kier molecular flexibility index (Phi) is 9.90. The smallest absolute Gasteiger partial charge is 0.222 e. The minimum Gasteiger partial charge on any atom is -0.508 e. The number of phenols is 1. The second-order valence-corrected chi connectivity index (χ2v) is 9.10. The predicted molar refractivity (Wildman–Crippen MR) is 128 cm³/mol. The van der Waals surface area contributed by atoms with Crippen molar-refractivity contribution in [2.45, 2.75) is 94.4 Å². The van der Waals surface area contributed by atoms with E-state index in [0.29, 0.717) is 12.3 Å². The Morgan fingerprint density at radius 3 is 2.13 bits per heavy atom. The zero-order chi connectivity index (χ0) is 22.0. The summed E-state index contributed by atoms with van der Waals surface area (Å²) in [7, 11) is 16.9. The lowest BCUT2D eigenvalue weighted by molar-refractivity contribution is -0.130. The summed E-state index contributed by atoms with van der Waals surface area (Å²) in [6.45, 7) is 3.04. The number of rotatable bonds is 15. The van der Waals surface area contributed by atoms with E-state index < -0.39 is 10.4 Å². The molecule has 3 nitrogen and oxygen atoms in total. The number of carbonyl (C=O) groups is 1. The highest BCUT2D eigenvalue weighted by molar-refractivity contribution is 6.80. The van der Waals surface area contributed by atoms with Gasteiger partial charge < -0.3 is 10.0 Å². The number of hydrogen-bond acceptors (Lipinski definition) is 2. The quantitative estimate of drug-likeness (QED) is 0.335. The first-order valence-electron chi connectivity index (χ1n) is 11.8. The summed E-state index contributed by atoms with van der Waals surface area (Å²) in [6.07, 6.45) is 13.2. The van der Waals surface area contributed by atoms with E-state index in [2.05, 4.69) is 6.92 Å². The lowest BCUT2D eigenvalue weighted by Crippen LogP contribution is -2.27. The van der Waals surface area contributed by atoms with Gasteiger partial charge in [0, 0.05) is 20.0 Å². The molecule has 1 saturated heterocycles. The van der Waals surface area contributed by atoms with Crippen molar-refractivity contribution in [3.63, 3.8) is 0 Å². The SMILES string of the molecule is [B]C1(CCCCCCCCCCC(=O)N(C)CCCC)[B]C1([B])c1ccc(O)cc1. The topological polar surface area (TPSA) is 40.5 Å². The van der Waals surface area contributed by atoms with Crippen molar-refractivity contribution in [3.05, 3.63) is 29.8 Å². The highest BCUT2D eigenvalue weighted by Crippen LogP contribution is 2.61. The molecule has 2 atom stereocenters. The van der Waals surface area contributed by atoms with Crippen LogP contribution >= 0.6 is 0 Å².